The first-order valence-electron chi connectivity index (χ1n) is 29.0. The standard InChI is InChI=1S/C9H20N2.C8H17N.2C8H16O.C8H18.2C7H14O.C7H16.C6H14/c1-8(10)11-7-5-6-9(2,3)4;3*1-7(9)5-6-8(2,3)4;1-5-6-7-8(2,3)4;2*1-6(8)5-7(2,3)4;1-6(2)7(3,4)5;1-5-6(2,3)4/h5-7H2,1-4H3,(H2,10,11);1,5-6,9H2,2-4H3;2*9H,1,5-6H2,2-4H3;5-7H2,1-4H3;2*5H2,1-4H3;6H,1-5H3;5H2,1-4H3. The van der Waals surface area contributed by atoms with E-state index in [0.29, 0.717) is 68.1 Å². The molecule has 7 heteroatoms. The number of aliphatic hydroxyl groups excluding tert-OH is 2. The van der Waals surface area contributed by atoms with Crippen LogP contribution in [0.4, 0.5) is 0 Å². The Labute approximate surface area is 475 Å². The SMILES string of the molecule is C=C(N)CCC(C)(C)C.C=C(O)CCC(C)(C)C.C=C(O)CCC(C)(C)C.CC(=O)CC(C)(C)C.CC(=O)CC(C)(C)C.CC(C)C(C)(C)C.CC(N)=NCCCC(C)(C)C.CCC(C)(C)C.CCCCC(C)(C)C. The van der Waals surface area contributed by atoms with Crippen LogP contribution in [0.2, 0.25) is 0 Å². The van der Waals surface area contributed by atoms with E-state index in [2.05, 4.69) is 239 Å². The molecule has 6 N–H and O–H groups in total. The number of hydrogen-bond donors (Lipinski definition) is 4. The lowest BCUT2D eigenvalue weighted by atomic mass is 9.84. The zero-order valence-corrected chi connectivity index (χ0v) is 58.1. The van der Waals surface area contributed by atoms with Crippen LogP contribution in [0, 0.1) is 54.7 Å². The number of rotatable bonds is 13. The number of ketones is 2. The minimum atomic E-state index is 0.172. The fraction of sp³-hybridized carbons (Fsp3) is 0.868. The Kier molecular flexibility index (Phi) is 55.5. The lowest BCUT2D eigenvalue weighted by Crippen LogP contribution is -2.12. The summed E-state index contributed by atoms with van der Waals surface area (Å²) < 4.78 is 0. The maximum atomic E-state index is 10.5. The first kappa shape index (κ1) is 91.9. The fourth-order valence-electron chi connectivity index (χ4n) is 4.64. The molecule has 0 fully saturated rings. The molecule has 0 aromatic rings. The van der Waals surface area contributed by atoms with Crippen molar-refractivity contribution < 1.29 is 19.8 Å². The van der Waals surface area contributed by atoms with Gasteiger partial charge in [-0.3, -0.25) is 4.99 Å². The molecular formula is C68H145N3O4. The van der Waals surface area contributed by atoms with Crippen molar-refractivity contribution in [2.24, 2.45) is 71.1 Å². The first-order valence-corrected chi connectivity index (χ1v) is 29.0. The highest BCUT2D eigenvalue weighted by Crippen LogP contribution is 2.26. The number of nitrogens with two attached hydrogens (primary N) is 2. The van der Waals surface area contributed by atoms with Gasteiger partial charge >= 0.3 is 0 Å². The third kappa shape index (κ3) is 153. The van der Waals surface area contributed by atoms with Gasteiger partial charge in [0, 0.05) is 37.9 Å². The molecule has 456 valence electrons. The maximum absolute atomic E-state index is 10.5. The van der Waals surface area contributed by atoms with Gasteiger partial charge in [-0.15, -0.1) is 0 Å². The Morgan fingerprint density at radius 1 is 0.440 bits per heavy atom. The predicted molar refractivity (Wildman–Crippen MR) is 346 cm³/mol. The van der Waals surface area contributed by atoms with Gasteiger partial charge in [-0.25, -0.2) is 0 Å². The van der Waals surface area contributed by atoms with E-state index in [0.717, 1.165) is 63.1 Å². The number of aliphatic hydroxyl groups is 2. The molecule has 0 amide bonds. The molecule has 0 atom stereocenters. The number of amidine groups is 1. The number of unbranched alkanes of at least 4 members (excludes halogenated alkanes) is 1. The van der Waals surface area contributed by atoms with Gasteiger partial charge < -0.3 is 31.3 Å². The van der Waals surface area contributed by atoms with Gasteiger partial charge in [0.15, 0.2) is 0 Å². The third-order valence-electron chi connectivity index (χ3n) is 10.6. The third-order valence-corrected chi connectivity index (χ3v) is 10.6. The van der Waals surface area contributed by atoms with Gasteiger partial charge in [0.2, 0.25) is 0 Å². The normalized spacial score (nSPS) is 12.0. The molecule has 0 rings (SSSR count). The van der Waals surface area contributed by atoms with Gasteiger partial charge in [-0.2, -0.15) is 0 Å². The summed E-state index contributed by atoms with van der Waals surface area (Å²) in [5.74, 6) is 2.64. The maximum Gasteiger partial charge on any atom is 0.130 e. The van der Waals surface area contributed by atoms with Crippen LogP contribution in [0.5, 0.6) is 0 Å². The van der Waals surface area contributed by atoms with Crippen LogP contribution in [-0.4, -0.2) is 34.2 Å². The van der Waals surface area contributed by atoms with Crippen LogP contribution in [0.3, 0.4) is 0 Å². The van der Waals surface area contributed by atoms with Gasteiger partial charge in [0.25, 0.3) is 0 Å². The highest BCUT2D eigenvalue weighted by Gasteiger charge is 2.15. The van der Waals surface area contributed by atoms with Crippen LogP contribution >= 0.6 is 0 Å². The number of carbonyl (C=O) groups is 2. The molecule has 0 aliphatic rings. The summed E-state index contributed by atoms with van der Waals surface area (Å²) in [4.78, 5) is 25.0. The smallest absolute Gasteiger partial charge is 0.130 e. The zero-order chi connectivity index (χ0) is 62.9. The second-order valence-corrected chi connectivity index (χ2v) is 32.1. The fourth-order valence-corrected chi connectivity index (χ4v) is 4.64. The van der Waals surface area contributed by atoms with Crippen LogP contribution in [0.25, 0.3) is 0 Å². The van der Waals surface area contributed by atoms with Crippen molar-refractivity contribution in [1.82, 2.24) is 0 Å². The van der Waals surface area contributed by atoms with Crippen molar-refractivity contribution in [3.63, 3.8) is 0 Å². The number of allylic oxidation sites excluding steroid dienone is 3. The molecule has 0 radical (unpaired) electrons. The number of Topliss-reactive ketones (excluding diaryl/α,β-unsaturated/α-hetero) is 2. The Morgan fingerprint density at radius 3 is 0.773 bits per heavy atom. The number of nitrogens with zero attached hydrogens (tertiary/aromatic N) is 1. The molecule has 0 aromatic heterocycles. The molecule has 0 heterocycles. The largest absolute Gasteiger partial charge is 0.513 e. The van der Waals surface area contributed by atoms with Gasteiger partial charge in [0.1, 0.15) is 11.6 Å². The number of aliphatic imine (C=N–C) groups is 1. The minimum Gasteiger partial charge on any atom is -0.513 e. The van der Waals surface area contributed by atoms with Crippen LogP contribution < -0.4 is 11.5 Å². The Hall–Kier alpha value is -2.57. The van der Waals surface area contributed by atoms with Crippen molar-refractivity contribution in [3.05, 3.63) is 37.0 Å². The van der Waals surface area contributed by atoms with E-state index in [1.165, 1.54) is 32.1 Å². The van der Waals surface area contributed by atoms with Crippen LogP contribution in [0.15, 0.2) is 41.9 Å². The van der Waals surface area contributed by atoms with Crippen LogP contribution in [0.1, 0.15) is 325 Å². The molecule has 0 saturated heterocycles. The summed E-state index contributed by atoms with van der Waals surface area (Å²) in [7, 11) is 0. The first-order chi connectivity index (χ1) is 32.6. The lowest BCUT2D eigenvalue weighted by Gasteiger charge is -2.22. The van der Waals surface area contributed by atoms with E-state index in [1.807, 2.05) is 6.92 Å². The van der Waals surface area contributed by atoms with E-state index in [4.69, 9.17) is 21.7 Å². The molecule has 0 saturated carbocycles. The molecule has 0 aromatic carbocycles. The van der Waals surface area contributed by atoms with Crippen molar-refractivity contribution in [2.45, 2.75) is 325 Å². The second kappa shape index (κ2) is 45.3. The summed E-state index contributed by atoms with van der Waals surface area (Å²) in [5.41, 5.74) is 15.0. The van der Waals surface area contributed by atoms with Gasteiger partial charge in [0.05, 0.1) is 17.4 Å². The Balaban J connectivity index is -0.0000000937. The summed E-state index contributed by atoms with van der Waals surface area (Å²) in [6.45, 7) is 84.4. The lowest BCUT2D eigenvalue weighted by molar-refractivity contribution is -0.119. The quantitative estimate of drug-likeness (QED) is 0.0627. The van der Waals surface area contributed by atoms with Crippen molar-refractivity contribution in [2.75, 3.05) is 6.54 Å². The average Bonchev–Trinajstić information content (AvgIpc) is 3.11. The Morgan fingerprint density at radius 2 is 0.680 bits per heavy atom. The Bertz CT molecular complexity index is 1320. The van der Waals surface area contributed by atoms with E-state index < -0.39 is 0 Å². The zero-order valence-electron chi connectivity index (χ0n) is 58.1. The monoisotopic (exact) mass is 1070 g/mol. The van der Waals surface area contributed by atoms with E-state index >= 15 is 0 Å². The summed E-state index contributed by atoms with van der Waals surface area (Å²) in [6, 6.07) is 0. The molecule has 0 bridgehead atoms. The predicted octanol–water partition coefficient (Wildman–Crippen LogP) is 22.6. The van der Waals surface area contributed by atoms with E-state index in [9.17, 15) is 9.59 Å². The second-order valence-electron chi connectivity index (χ2n) is 32.1. The molecule has 0 aliphatic heterocycles. The van der Waals surface area contributed by atoms with Crippen LogP contribution in [-0.2, 0) is 9.59 Å². The number of hydrogen-bond acceptors (Lipinski definition) is 6. The average molecular weight is 1070 g/mol. The molecule has 0 spiro atoms. The van der Waals surface area contributed by atoms with Gasteiger partial charge in [-0.1, -0.05) is 254 Å². The van der Waals surface area contributed by atoms with E-state index in [1.54, 1.807) is 13.8 Å². The molecular weight excluding hydrogens is 923 g/mol. The summed E-state index contributed by atoms with van der Waals surface area (Å²) in [5, 5.41) is 17.4. The molecule has 75 heavy (non-hydrogen) atoms. The van der Waals surface area contributed by atoms with E-state index in [-0.39, 0.29) is 22.4 Å². The minimum absolute atomic E-state index is 0.172. The highest BCUT2D eigenvalue weighted by molar-refractivity contribution is 5.77. The summed E-state index contributed by atoms with van der Waals surface area (Å²) in [6.07, 6.45) is 14.6. The molecule has 7 nitrogen and oxygen atoms in total. The van der Waals surface area contributed by atoms with Gasteiger partial charge in [-0.05, 0) is 120 Å². The highest BCUT2D eigenvalue weighted by atomic mass is 16.3. The van der Waals surface area contributed by atoms with Crippen molar-refractivity contribution in [3.8, 4) is 0 Å². The topological polar surface area (TPSA) is 139 Å². The summed E-state index contributed by atoms with van der Waals surface area (Å²) >= 11 is 0. The molecule has 0 aliphatic carbocycles. The van der Waals surface area contributed by atoms with Crippen molar-refractivity contribution >= 4 is 17.4 Å². The number of carbonyl (C=O) groups excluding carboxylic acids is 2. The molecule has 0 unspecified atom stereocenters. The van der Waals surface area contributed by atoms with Crippen molar-refractivity contribution in [1.29, 1.82) is 0 Å².